The summed E-state index contributed by atoms with van der Waals surface area (Å²) in [4.78, 5) is 27.1. The lowest BCUT2D eigenvalue weighted by Crippen LogP contribution is -2.54. The molecule has 3 rings (SSSR count). The first kappa shape index (κ1) is 23.8. The number of amides is 2. The Morgan fingerprint density at radius 1 is 1.09 bits per heavy atom. The number of benzene rings is 2. The summed E-state index contributed by atoms with van der Waals surface area (Å²) in [7, 11) is 3.01. The number of carbonyl (C=O) groups excluding carboxylic acids is 2. The standard InChI is InChI=1S/C23H27ClN2O6/c1-13-18(29-5)9-14(10-19(13)30-6)21(27)26(25-23(2,3)4)22(28)15-7-8-17-16(20(15)24)11-31-12-32-17/h7-10,25H,11-12H2,1-6H3. The topological polar surface area (TPSA) is 86.3 Å². The van der Waals surface area contributed by atoms with Crippen LogP contribution in [0.15, 0.2) is 24.3 Å². The smallest absolute Gasteiger partial charge is 0.276 e. The highest BCUT2D eigenvalue weighted by molar-refractivity contribution is 6.35. The Morgan fingerprint density at radius 3 is 2.28 bits per heavy atom. The van der Waals surface area contributed by atoms with Gasteiger partial charge in [-0.15, -0.1) is 0 Å². The zero-order valence-corrected chi connectivity index (χ0v) is 19.8. The molecule has 32 heavy (non-hydrogen) atoms. The minimum atomic E-state index is -0.609. The van der Waals surface area contributed by atoms with E-state index in [9.17, 15) is 9.59 Å². The third kappa shape index (κ3) is 4.82. The number of rotatable bonds is 5. The van der Waals surface area contributed by atoms with Crippen molar-refractivity contribution in [2.75, 3.05) is 21.0 Å². The van der Waals surface area contributed by atoms with Crippen molar-refractivity contribution in [3.8, 4) is 17.2 Å². The van der Waals surface area contributed by atoms with Crippen molar-refractivity contribution in [1.82, 2.24) is 10.4 Å². The molecule has 2 aromatic rings. The SMILES string of the molecule is COc1cc(C(=O)N(NC(C)(C)C)C(=O)c2ccc3c(c2Cl)COCO3)cc(OC)c1C. The Kier molecular flexibility index (Phi) is 6.97. The lowest BCUT2D eigenvalue weighted by atomic mass is 10.1. The highest BCUT2D eigenvalue weighted by Gasteiger charge is 2.32. The molecule has 0 aromatic heterocycles. The van der Waals surface area contributed by atoms with Crippen LogP contribution in [-0.2, 0) is 11.3 Å². The number of nitrogens with zero attached hydrogens (tertiary/aromatic N) is 1. The Labute approximate surface area is 192 Å². The second-order valence-electron chi connectivity index (χ2n) is 8.33. The van der Waals surface area contributed by atoms with E-state index in [2.05, 4.69) is 5.43 Å². The summed E-state index contributed by atoms with van der Waals surface area (Å²) < 4.78 is 21.5. The average molecular weight is 463 g/mol. The number of ether oxygens (including phenoxy) is 4. The van der Waals surface area contributed by atoms with E-state index in [0.29, 0.717) is 22.8 Å². The minimum absolute atomic E-state index is 0.115. The van der Waals surface area contributed by atoms with Gasteiger partial charge in [0, 0.05) is 22.2 Å². The molecule has 1 aliphatic rings. The van der Waals surface area contributed by atoms with Crippen molar-refractivity contribution in [2.45, 2.75) is 39.8 Å². The van der Waals surface area contributed by atoms with Crippen molar-refractivity contribution in [3.63, 3.8) is 0 Å². The van der Waals surface area contributed by atoms with Crippen LogP contribution in [-0.4, -0.2) is 43.4 Å². The van der Waals surface area contributed by atoms with Crippen LogP contribution >= 0.6 is 11.6 Å². The number of methoxy groups -OCH3 is 2. The molecule has 0 radical (unpaired) electrons. The predicted octanol–water partition coefficient (Wildman–Crippen LogP) is 4.12. The highest BCUT2D eigenvalue weighted by atomic mass is 35.5. The Bertz CT molecular complexity index is 1020. The summed E-state index contributed by atoms with van der Waals surface area (Å²) in [5.41, 5.74) is 4.05. The molecule has 0 bridgehead atoms. The fraction of sp³-hybridized carbons (Fsp3) is 0.391. The van der Waals surface area contributed by atoms with Gasteiger partial charge in [-0.3, -0.25) is 9.59 Å². The Balaban J connectivity index is 2.06. The van der Waals surface area contributed by atoms with Crippen molar-refractivity contribution in [3.05, 3.63) is 51.5 Å². The monoisotopic (exact) mass is 462 g/mol. The fourth-order valence-corrected chi connectivity index (χ4v) is 3.57. The van der Waals surface area contributed by atoms with Gasteiger partial charge in [0.1, 0.15) is 17.2 Å². The number of fused-ring (bicyclic) bond motifs is 1. The van der Waals surface area contributed by atoms with E-state index in [4.69, 9.17) is 30.5 Å². The lowest BCUT2D eigenvalue weighted by molar-refractivity contribution is -0.0163. The third-order valence-corrected chi connectivity index (χ3v) is 5.26. The second-order valence-corrected chi connectivity index (χ2v) is 8.71. The van der Waals surface area contributed by atoms with E-state index in [0.717, 1.165) is 10.6 Å². The first-order valence-corrected chi connectivity index (χ1v) is 10.4. The van der Waals surface area contributed by atoms with Crippen molar-refractivity contribution >= 4 is 23.4 Å². The Hall–Kier alpha value is -2.81. The maximum atomic E-state index is 13.5. The number of halogens is 1. The molecule has 1 aliphatic heterocycles. The number of hydrazine groups is 1. The van der Waals surface area contributed by atoms with E-state index in [1.807, 2.05) is 27.7 Å². The first-order valence-electron chi connectivity index (χ1n) is 9.98. The van der Waals surface area contributed by atoms with Gasteiger partial charge >= 0.3 is 0 Å². The summed E-state index contributed by atoms with van der Waals surface area (Å²) in [6.45, 7) is 7.67. The van der Waals surface area contributed by atoms with Crippen LogP contribution in [0.5, 0.6) is 17.2 Å². The zero-order chi connectivity index (χ0) is 23.6. The predicted molar refractivity (Wildman–Crippen MR) is 119 cm³/mol. The number of carbonyl (C=O) groups is 2. The van der Waals surface area contributed by atoms with Gasteiger partial charge in [-0.05, 0) is 52.0 Å². The molecule has 2 aromatic carbocycles. The largest absolute Gasteiger partial charge is 0.496 e. The molecule has 8 nitrogen and oxygen atoms in total. The second kappa shape index (κ2) is 9.36. The van der Waals surface area contributed by atoms with Crippen LogP contribution in [0.4, 0.5) is 0 Å². The molecule has 0 saturated heterocycles. The summed E-state index contributed by atoms with van der Waals surface area (Å²) in [5, 5.41) is 1.14. The average Bonchev–Trinajstić information content (AvgIpc) is 2.76. The van der Waals surface area contributed by atoms with Crippen LogP contribution in [0, 0.1) is 6.92 Å². The van der Waals surface area contributed by atoms with Gasteiger partial charge < -0.3 is 18.9 Å². The van der Waals surface area contributed by atoms with Gasteiger partial charge in [-0.1, -0.05) is 11.6 Å². The number of imide groups is 1. The number of hydrogen-bond donors (Lipinski definition) is 1. The molecule has 9 heteroatoms. The van der Waals surface area contributed by atoms with Gasteiger partial charge in [0.2, 0.25) is 0 Å². The van der Waals surface area contributed by atoms with Crippen molar-refractivity contribution in [2.24, 2.45) is 0 Å². The summed E-state index contributed by atoms with van der Waals surface area (Å²) >= 11 is 6.52. The van der Waals surface area contributed by atoms with E-state index < -0.39 is 17.4 Å². The third-order valence-electron chi connectivity index (χ3n) is 4.83. The summed E-state index contributed by atoms with van der Waals surface area (Å²) in [5.74, 6) is 0.297. The maximum absolute atomic E-state index is 13.5. The van der Waals surface area contributed by atoms with E-state index in [1.54, 1.807) is 18.2 Å². The summed E-state index contributed by atoms with van der Waals surface area (Å²) in [6, 6.07) is 6.33. The normalized spacial score (nSPS) is 13.1. The number of nitrogens with one attached hydrogen (secondary N) is 1. The molecule has 0 atom stereocenters. The zero-order valence-electron chi connectivity index (χ0n) is 19.0. The van der Waals surface area contributed by atoms with Gasteiger partial charge in [-0.2, -0.15) is 0 Å². The van der Waals surface area contributed by atoms with Gasteiger partial charge in [0.05, 0.1) is 31.4 Å². The van der Waals surface area contributed by atoms with Crippen molar-refractivity contribution < 1.29 is 28.5 Å². The highest BCUT2D eigenvalue weighted by Crippen LogP contribution is 2.34. The molecule has 1 heterocycles. The Morgan fingerprint density at radius 2 is 1.72 bits per heavy atom. The molecule has 0 fully saturated rings. The fourth-order valence-electron chi connectivity index (χ4n) is 3.28. The molecule has 172 valence electrons. The molecule has 0 aliphatic carbocycles. The van der Waals surface area contributed by atoms with E-state index >= 15 is 0 Å². The van der Waals surface area contributed by atoms with Crippen LogP contribution in [0.2, 0.25) is 5.02 Å². The van der Waals surface area contributed by atoms with Crippen molar-refractivity contribution in [1.29, 1.82) is 0 Å². The summed E-state index contributed by atoms with van der Waals surface area (Å²) in [6.07, 6.45) is 0. The molecular formula is C23H27ClN2O6. The quantitative estimate of drug-likeness (QED) is 0.528. The molecule has 0 spiro atoms. The molecular weight excluding hydrogens is 436 g/mol. The minimum Gasteiger partial charge on any atom is -0.496 e. The van der Waals surface area contributed by atoms with E-state index in [1.165, 1.54) is 20.3 Å². The maximum Gasteiger partial charge on any atom is 0.276 e. The molecule has 1 N–H and O–H groups in total. The van der Waals surface area contributed by atoms with Gasteiger partial charge in [-0.25, -0.2) is 10.4 Å². The molecule has 2 amide bonds. The first-order chi connectivity index (χ1) is 15.1. The van der Waals surface area contributed by atoms with Gasteiger partial charge in [0.15, 0.2) is 6.79 Å². The van der Waals surface area contributed by atoms with Crippen LogP contribution < -0.4 is 19.6 Å². The van der Waals surface area contributed by atoms with Crippen LogP contribution in [0.25, 0.3) is 0 Å². The van der Waals surface area contributed by atoms with E-state index in [-0.39, 0.29) is 29.5 Å². The lowest BCUT2D eigenvalue weighted by Gasteiger charge is -2.31. The number of hydrogen-bond acceptors (Lipinski definition) is 7. The molecule has 0 saturated carbocycles. The van der Waals surface area contributed by atoms with Crippen LogP contribution in [0.3, 0.4) is 0 Å². The van der Waals surface area contributed by atoms with Gasteiger partial charge in [0.25, 0.3) is 11.8 Å². The molecule has 0 unspecified atom stereocenters. The van der Waals surface area contributed by atoms with Crippen LogP contribution in [0.1, 0.15) is 52.6 Å².